The molecule has 210 valence electrons. The molecule has 1 saturated heterocycles. The van der Waals surface area contributed by atoms with Gasteiger partial charge in [-0.1, -0.05) is 0 Å². The molecule has 0 amide bonds. The van der Waals surface area contributed by atoms with Crippen LogP contribution in [0.15, 0.2) is 36.5 Å². The highest BCUT2D eigenvalue weighted by molar-refractivity contribution is 5.85. The Morgan fingerprint density at radius 3 is 2.51 bits per heavy atom. The number of hydrogen-bond acceptors (Lipinski definition) is 5. The average Bonchev–Trinajstić information content (AvgIpc) is 2.89. The molecule has 0 unspecified atom stereocenters. The van der Waals surface area contributed by atoms with Gasteiger partial charge in [0.1, 0.15) is 23.4 Å². The molecule has 2 aromatic carbocycles. The lowest BCUT2D eigenvalue weighted by Crippen LogP contribution is -2.43. The van der Waals surface area contributed by atoms with Gasteiger partial charge in [-0.2, -0.15) is 0 Å². The minimum Gasteiger partial charge on any atom is -0.497 e. The molecular formula is C29H33F4N3O3. The number of halogens is 4. The van der Waals surface area contributed by atoms with Gasteiger partial charge in [0.25, 0.3) is 0 Å². The van der Waals surface area contributed by atoms with Crippen LogP contribution >= 0.6 is 0 Å². The quantitative estimate of drug-likeness (QED) is 0.270. The zero-order valence-corrected chi connectivity index (χ0v) is 22.1. The topological polar surface area (TPSA) is 74.7 Å². The smallest absolute Gasteiger partial charge is 0.303 e. The third-order valence-corrected chi connectivity index (χ3v) is 7.74. The number of benzene rings is 2. The molecule has 0 spiro atoms. The molecule has 1 aromatic heterocycles. The summed E-state index contributed by atoms with van der Waals surface area (Å²) in [4.78, 5) is 18.2. The lowest BCUT2D eigenvalue weighted by Gasteiger charge is -2.41. The van der Waals surface area contributed by atoms with Gasteiger partial charge in [-0.25, -0.2) is 17.6 Å². The van der Waals surface area contributed by atoms with Crippen LogP contribution < -0.4 is 10.1 Å². The van der Waals surface area contributed by atoms with Gasteiger partial charge in [-0.05, 0) is 80.4 Å². The highest BCUT2D eigenvalue weighted by Gasteiger charge is 2.37. The van der Waals surface area contributed by atoms with Crippen molar-refractivity contribution in [1.82, 2.24) is 9.88 Å². The van der Waals surface area contributed by atoms with Crippen molar-refractivity contribution in [2.45, 2.75) is 45.2 Å². The number of alkyl halides is 1. The number of aliphatic carboxylic acids is 1. The SMILES string of the molecule is COc1ccc2ncc(C)c([C@H](F)CCC3(CC(=O)O)CCN(CCNc4c(F)cc(F)cc4F)CC3)c2c1. The van der Waals surface area contributed by atoms with Gasteiger partial charge in [0.2, 0.25) is 0 Å². The predicted molar refractivity (Wildman–Crippen MR) is 141 cm³/mol. The second-order valence-corrected chi connectivity index (χ2v) is 10.3. The van der Waals surface area contributed by atoms with Crippen molar-refractivity contribution in [3.63, 3.8) is 0 Å². The minimum atomic E-state index is -1.30. The third-order valence-electron chi connectivity index (χ3n) is 7.74. The molecule has 0 saturated carbocycles. The van der Waals surface area contributed by atoms with E-state index in [0.717, 1.165) is 5.56 Å². The van der Waals surface area contributed by atoms with Crippen LogP contribution in [0, 0.1) is 29.8 Å². The maximum Gasteiger partial charge on any atom is 0.303 e. The summed E-state index contributed by atoms with van der Waals surface area (Å²) in [5.41, 5.74) is 1.02. The summed E-state index contributed by atoms with van der Waals surface area (Å²) < 4.78 is 62.0. The number of nitrogens with one attached hydrogen (secondary N) is 1. The zero-order chi connectivity index (χ0) is 28.2. The number of carboxylic acids is 1. The van der Waals surface area contributed by atoms with Crippen LogP contribution in [0.3, 0.4) is 0 Å². The van der Waals surface area contributed by atoms with Crippen molar-refractivity contribution in [1.29, 1.82) is 0 Å². The number of fused-ring (bicyclic) bond motifs is 1. The Labute approximate surface area is 225 Å². The number of pyridine rings is 1. The molecule has 1 fully saturated rings. The summed E-state index contributed by atoms with van der Waals surface area (Å²) >= 11 is 0. The van der Waals surface area contributed by atoms with Gasteiger partial charge in [-0.15, -0.1) is 0 Å². The molecule has 39 heavy (non-hydrogen) atoms. The number of rotatable bonds is 11. The maximum atomic E-state index is 15.8. The normalized spacial score (nSPS) is 16.3. The van der Waals surface area contributed by atoms with E-state index in [4.69, 9.17) is 4.74 Å². The number of aromatic nitrogens is 1. The maximum absolute atomic E-state index is 15.8. The molecule has 2 heterocycles. The number of aryl methyl sites for hydroxylation is 1. The van der Waals surface area contributed by atoms with Gasteiger partial charge in [0.05, 0.1) is 19.0 Å². The third kappa shape index (κ3) is 6.79. The van der Waals surface area contributed by atoms with E-state index < -0.39 is 35.0 Å². The van der Waals surface area contributed by atoms with Crippen molar-refractivity contribution < 1.29 is 32.2 Å². The molecule has 10 heteroatoms. The first-order valence-corrected chi connectivity index (χ1v) is 13.0. The monoisotopic (exact) mass is 547 g/mol. The van der Waals surface area contributed by atoms with Crippen molar-refractivity contribution in [2.24, 2.45) is 5.41 Å². The van der Waals surface area contributed by atoms with Crippen LogP contribution in [-0.2, 0) is 4.79 Å². The summed E-state index contributed by atoms with van der Waals surface area (Å²) in [5.74, 6) is -3.29. The number of likely N-dealkylation sites (tertiary alicyclic amines) is 1. The van der Waals surface area contributed by atoms with Crippen molar-refractivity contribution in [3.8, 4) is 5.75 Å². The van der Waals surface area contributed by atoms with Crippen molar-refractivity contribution in [3.05, 3.63) is 65.1 Å². The Morgan fingerprint density at radius 1 is 1.18 bits per heavy atom. The molecule has 1 atom stereocenters. The fourth-order valence-electron chi connectivity index (χ4n) is 5.55. The van der Waals surface area contributed by atoms with Gasteiger partial charge in [0.15, 0.2) is 11.6 Å². The van der Waals surface area contributed by atoms with E-state index in [9.17, 15) is 23.1 Å². The predicted octanol–water partition coefficient (Wildman–Crippen LogP) is 6.43. The number of hydrogen-bond donors (Lipinski definition) is 2. The lowest BCUT2D eigenvalue weighted by molar-refractivity contribution is -0.141. The van der Waals surface area contributed by atoms with Crippen LogP contribution in [0.2, 0.25) is 0 Å². The second-order valence-electron chi connectivity index (χ2n) is 10.3. The van der Waals surface area contributed by atoms with E-state index in [1.807, 2.05) is 6.92 Å². The first kappa shape index (κ1) is 28.6. The number of carbonyl (C=O) groups is 1. The molecule has 4 rings (SSSR count). The molecule has 1 aliphatic rings. The van der Waals surface area contributed by atoms with Crippen LogP contribution in [0.25, 0.3) is 10.9 Å². The fourth-order valence-corrected chi connectivity index (χ4v) is 5.55. The average molecular weight is 548 g/mol. The molecule has 2 N–H and O–H groups in total. The Balaban J connectivity index is 1.39. The van der Waals surface area contributed by atoms with Crippen LogP contribution in [0.4, 0.5) is 23.2 Å². The zero-order valence-electron chi connectivity index (χ0n) is 22.1. The van der Waals surface area contributed by atoms with Gasteiger partial charge < -0.3 is 20.1 Å². The first-order chi connectivity index (χ1) is 18.6. The molecule has 1 aliphatic heterocycles. The van der Waals surface area contributed by atoms with E-state index in [1.165, 1.54) is 0 Å². The van der Waals surface area contributed by atoms with Crippen LogP contribution in [0.1, 0.15) is 49.4 Å². The molecular weight excluding hydrogens is 514 g/mol. The van der Waals surface area contributed by atoms with Crippen molar-refractivity contribution in [2.75, 3.05) is 38.6 Å². The Hall–Kier alpha value is -3.40. The summed E-state index contributed by atoms with van der Waals surface area (Å²) in [6, 6.07) is 6.59. The summed E-state index contributed by atoms with van der Waals surface area (Å²) in [7, 11) is 1.55. The Kier molecular flexibility index (Phi) is 8.94. The highest BCUT2D eigenvalue weighted by atomic mass is 19.1. The minimum absolute atomic E-state index is 0.0539. The van der Waals surface area contributed by atoms with Gasteiger partial charge in [-0.3, -0.25) is 9.78 Å². The summed E-state index contributed by atoms with van der Waals surface area (Å²) in [6.07, 6.45) is 2.02. The van der Waals surface area contributed by atoms with E-state index in [-0.39, 0.29) is 25.1 Å². The van der Waals surface area contributed by atoms with Gasteiger partial charge in [0, 0.05) is 36.8 Å². The fraction of sp³-hybridized carbons (Fsp3) is 0.448. The number of anilines is 1. The van der Waals surface area contributed by atoms with E-state index in [1.54, 1.807) is 31.5 Å². The molecule has 6 nitrogen and oxygen atoms in total. The number of ether oxygens (including phenoxy) is 1. The van der Waals surface area contributed by atoms with Gasteiger partial charge >= 0.3 is 5.97 Å². The standard InChI is InChI=1S/C29H33F4N3O3/c1-18-17-35-25-4-3-20(39-2)15-21(25)27(18)22(31)5-6-29(16-26(37)38)7-10-36(11-8-29)12-9-34-28-23(32)13-19(30)14-24(28)33/h3-4,13-15,17,22,34H,5-12,16H2,1-2H3,(H,37,38)/t22-/m1/s1. The first-order valence-electron chi connectivity index (χ1n) is 13.0. The lowest BCUT2D eigenvalue weighted by atomic mass is 9.71. The number of methoxy groups -OCH3 is 1. The number of carboxylic acid groups (broad SMARTS) is 1. The van der Waals surface area contributed by atoms with Crippen LogP contribution in [-0.4, -0.2) is 54.2 Å². The summed E-state index contributed by atoms with van der Waals surface area (Å²) in [5, 5.41) is 13.0. The van der Waals surface area contributed by atoms with E-state index in [0.29, 0.717) is 73.2 Å². The highest BCUT2D eigenvalue weighted by Crippen LogP contribution is 2.43. The number of nitrogens with zero attached hydrogens (tertiary/aromatic N) is 2. The summed E-state index contributed by atoms with van der Waals surface area (Å²) in [6.45, 7) is 3.67. The largest absolute Gasteiger partial charge is 0.497 e. The second kappa shape index (κ2) is 12.2. The van der Waals surface area contributed by atoms with Crippen LogP contribution in [0.5, 0.6) is 5.75 Å². The molecule has 0 aliphatic carbocycles. The molecule has 0 bridgehead atoms. The molecule has 3 aromatic rings. The van der Waals surface area contributed by atoms with E-state index >= 15 is 4.39 Å². The Morgan fingerprint density at radius 2 is 1.87 bits per heavy atom. The van der Waals surface area contributed by atoms with Crippen molar-refractivity contribution >= 4 is 22.6 Å². The number of piperidine rings is 1. The van der Waals surface area contributed by atoms with E-state index in [2.05, 4.69) is 15.2 Å². The molecule has 0 radical (unpaired) electrons. The Bertz CT molecular complexity index is 1310.